The molecule has 1 fully saturated rings. The summed E-state index contributed by atoms with van der Waals surface area (Å²) < 4.78 is 5.32. The number of esters is 1. The standard InChI is InChI=1S/C18H15Cl2NO3/c19-15-7-6-12(8-16(15)20)11-24-18(23)13-9-17(22)21(10-13)14-4-2-1-3-5-14/h1-8,13H,9-11H2/t13-/m1/s1. The average Bonchev–Trinajstić information content (AvgIpc) is 2.98. The fourth-order valence-corrected chi connectivity index (χ4v) is 2.95. The topological polar surface area (TPSA) is 46.6 Å². The number of anilines is 1. The van der Waals surface area contributed by atoms with E-state index in [-0.39, 0.29) is 24.9 Å². The third-order valence-corrected chi connectivity index (χ3v) is 4.63. The third-order valence-electron chi connectivity index (χ3n) is 3.89. The maximum absolute atomic E-state index is 12.2. The Balaban J connectivity index is 1.60. The van der Waals surface area contributed by atoms with E-state index in [0.29, 0.717) is 16.6 Å². The molecule has 2 aromatic rings. The molecule has 1 amide bonds. The highest BCUT2D eigenvalue weighted by molar-refractivity contribution is 6.42. The average molecular weight is 364 g/mol. The summed E-state index contributed by atoms with van der Waals surface area (Å²) in [5, 5.41) is 0.864. The van der Waals surface area contributed by atoms with Crippen LogP contribution in [0.5, 0.6) is 0 Å². The molecule has 0 unspecified atom stereocenters. The maximum Gasteiger partial charge on any atom is 0.311 e. The molecule has 2 aromatic carbocycles. The van der Waals surface area contributed by atoms with E-state index >= 15 is 0 Å². The van der Waals surface area contributed by atoms with Gasteiger partial charge in [0, 0.05) is 18.7 Å². The van der Waals surface area contributed by atoms with Gasteiger partial charge in [-0.15, -0.1) is 0 Å². The molecule has 0 saturated carbocycles. The van der Waals surface area contributed by atoms with Gasteiger partial charge < -0.3 is 9.64 Å². The fraction of sp³-hybridized carbons (Fsp3) is 0.222. The molecule has 4 nitrogen and oxygen atoms in total. The highest BCUT2D eigenvalue weighted by Crippen LogP contribution is 2.26. The van der Waals surface area contributed by atoms with Gasteiger partial charge in [-0.25, -0.2) is 0 Å². The maximum atomic E-state index is 12.2. The zero-order valence-corrected chi connectivity index (χ0v) is 14.3. The Morgan fingerprint density at radius 1 is 1.12 bits per heavy atom. The molecule has 6 heteroatoms. The predicted molar refractivity (Wildman–Crippen MR) is 93.2 cm³/mol. The first kappa shape index (κ1) is 16.8. The summed E-state index contributed by atoms with van der Waals surface area (Å²) in [6.07, 6.45) is 0.162. The lowest BCUT2D eigenvalue weighted by atomic mass is 10.1. The van der Waals surface area contributed by atoms with Crippen LogP contribution in [0.15, 0.2) is 48.5 Å². The van der Waals surface area contributed by atoms with Crippen molar-refractivity contribution in [1.82, 2.24) is 0 Å². The lowest BCUT2D eigenvalue weighted by molar-refractivity contribution is -0.149. The van der Waals surface area contributed by atoms with E-state index < -0.39 is 5.92 Å². The Kier molecular flexibility index (Phi) is 5.07. The number of nitrogens with zero attached hydrogens (tertiary/aromatic N) is 1. The summed E-state index contributed by atoms with van der Waals surface area (Å²) in [4.78, 5) is 26.0. The van der Waals surface area contributed by atoms with E-state index in [4.69, 9.17) is 27.9 Å². The van der Waals surface area contributed by atoms with E-state index in [1.165, 1.54) is 0 Å². The number of hydrogen-bond acceptors (Lipinski definition) is 3. The van der Waals surface area contributed by atoms with Gasteiger partial charge in [-0.1, -0.05) is 47.5 Å². The van der Waals surface area contributed by atoms with Crippen molar-refractivity contribution in [3.63, 3.8) is 0 Å². The molecule has 0 radical (unpaired) electrons. The summed E-state index contributed by atoms with van der Waals surface area (Å²) in [5.41, 5.74) is 1.55. The molecule has 124 valence electrons. The van der Waals surface area contributed by atoms with Crippen molar-refractivity contribution >= 4 is 40.8 Å². The van der Waals surface area contributed by atoms with Gasteiger partial charge in [-0.05, 0) is 29.8 Å². The van der Waals surface area contributed by atoms with Crippen molar-refractivity contribution in [2.45, 2.75) is 13.0 Å². The van der Waals surface area contributed by atoms with E-state index in [2.05, 4.69) is 0 Å². The number of benzene rings is 2. The molecule has 1 aliphatic heterocycles. The van der Waals surface area contributed by atoms with Crippen LogP contribution in [0.1, 0.15) is 12.0 Å². The minimum absolute atomic E-state index is 0.0716. The largest absolute Gasteiger partial charge is 0.461 e. The monoisotopic (exact) mass is 363 g/mol. The zero-order valence-electron chi connectivity index (χ0n) is 12.7. The van der Waals surface area contributed by atoms with E-state index in [1.807, 2.05) is 30.3 Å². The number of hydrogen-bond donors (Lipinski definition) is 0. The van der Waals surface area contributed by atoms with E-state index in [0.717, 1.165) is 11.3 Å². The van der Waals surface area contributed by atoms with E-state index in [1.54, 1.807) is 23.1 Å². The fourth-order valence-electron chi connectivity index (χ4n) is 2.62. The lowest BCUT2D eigenvalue weighted by Gasteiger charge is -2.16. The molecule has 0 aliphatic carbocycles. The molecular formula is C18H15Cl2NO3. The van der Waals surface area contributed by atoms with Crippen molar-refractivity contribution in [2.75, 3.05) is 11.4 Å². The van der Waals surface area contributed by atoms with Gasteiger partial charge in [0.05, 0.1) is 16.0 Å². The summed E-state index contributed by atoms with van der Waals surface area (Å²) in [7, 11) is 0. The first-order chi connectivity index (χ1) is 11.5. The van der Waals surface area contributed by atoms with Crippen LogP contribution in [0.2, 0.25) is 10.0 Å². The number of halogens is 2. The van der Waals surface area contributed by atoms with Gasteiger partial charge in [-0.3, -0.25) is 9.59 Å². The van der Waals surface area contributed by atoms with Crippen LogP contribution in [0.25, 0.3) is 0 Å². The van der Waals surface area contributed by atoms with Crippen LogP contribution in [0.4, 0.5) is 5.69 Å². The Labute approximate surface area is 149 Å². The number of para-hydroxylation sites is 1. The summed E-state index contributed by atoms with van der Waals surface area (Å²) in [6, 6.07) is 14.4. The Morgan fingerprint density at radius 2 is 1.88 bits per heavy atom. The molecule has 0 spiro atoms. The molecule has 1 heterocycles. The molecule has 3 rings (SSSR count). The van der Waals surface area contributed by atoms with Gasteiger partial charge in [0.1, 0.15) is 6.61 Å². The second-order valence-electron chi connectivity index (χ2n) is 5.60. The second kappa shape index (κ2) is 7.24. The third kappa shape index (κ3) is 3.71. The molecule has 24 heavy (non-hydrogen) atoms. The van der Waals surface area contributed by atoms with Crippen LogP contribution < -0.4 is 4.90 Å². The predicted octanol–water partition coefficient (Wildman–Crippen LogP) is 4.09. The van der Waals surface area contributed by atoms with Gasteiger partial charge in [0.15, 0.2) is 0 Å². The quantitative estimate of drug-likeness (QED) is 0.768. The van der Waals surface area contributed by atoms with Gasteiger partial charge >= 0.3 is 5.97 Å². The summed E-state index contributed by atoms with van der Waals surface area (Å²) >= 11 is 11.8. The van der Waals surface area contributed by atoms with Crippen LogP contribution in [0.3, 0.4) is 0 Å². The SMILES string of the molecule is O=C(OCc1ccc(Cl)c(Cl)c1)[C@@H]1CC(=O)N(c2ccccc2)C1. The first-order valence-electron chi connectivity index (χ1n) is 7.50. The highest BCUT2D eigenvalue weighted by Gasteiger charge is 2.36. The molecule has 1 saturated heterocycles. The van der Waals surface area contributed by atoms with Crippen molar-refractivity contribution in [2.24, 2.45) is 5.92 Å². The number of amides is 1. The molecule has 0 bridgehead atoms. The normalized spacial score (nSPS) is 17.2. The van der Waals surface area contributed by atoms with Crippen molar-refractivity contribution in [3.05, 3.63) is 64.1 Å². The van der Waals surface area contributed by atoms with Gasteiger partial charge in [-0.2, -0.15) is 0 Å². The van der Waals surface area contributed by atoms with Crippen molar-refractivity contribution < 1.29 is 14.3 Å². The number of carbonyl (C=O) groups is 2. The van der Waals surface area contributed by atoms with Gasteiger partial charge in [0.25, 0.3) is 0 Å². The minimum atomic E-state index is -0.458. The summed E-state index contributed by atoms with van der Waals surface area (Å²) in [5.74, 6) is -0.911. The van der Waals surface area contributed by atoms with Crippen molar-refractivity contribution in [3.8, 4) is 0 Å². The number of carbonyl (C=O) groups excluding carboxylic acids is 2. The Bertz CT molecular complexity index is 764. The first-order valence-corrected chi connectivity index (χ1v) is 8.26. The smallest absolute Gasteiger partial charge is 0.311 e. The van der Waals surface area contributed by atoms with Crippen molar-refractivity contribution in [1.29, 1.82) is 0 Å². The molecule has 0 N–H and O–H groups in total. The molecule has 1 atom stereocenters. The van der Waals surface area contributed by atoms with Crippen LogP contribution in [0, 0.1) is 5.92 Å². The van der Waals surface area contributed by atoms with E-state index in [9.17, 15) is 9.59 Å². The molecular weight excluding hydrogens is 349 g/mol. The number of rotatable bonds is 4. The summed E-state index contributed by atoms with van der Waals surface area (Å²) in [6.45, 7) is 0.439. The van der Waals surface area contributed by atoms with Crippen LogP contribution in [-0.4, -0.2) is 18.4 Å². The minimum Gasteiger partial charge on any atom is -0.461 e. The second-order valence-corrected chi connectivity index (χ2v) is 6.41. The highest BCUT2D eigenvalue weighted by atomic mass is 35.5. The lowest BCUT2D eigenvalue weighted by Crippen LogP contribution is -2.26. The van der Waals surface area contributed by atoms with Gasteiger partial charge in [0.2, 0.25) is 5.91 Å². The number of ether oxygens (including phenoxy) is 1. The molecule has 1 aliphatic rings. The van der Waals surface area contributed by atoms with Crippen LogP contribution in [-0.2, 0) is 20.9 Å². The van der Waals surface area contributed by atoms with Crippen LogP contribution >= 0.6 is 23.2 Å². The molecule has 0 aromatic heterocycles. The Hall–Kier alpha value is -2.04. The Morgan fingerprint density at radius 3 is 2.58 bits per heavy atom. The zero-order chi connectivity index (χ0) is 17.1.